The fourth-order valence-corrected chi connectivity index (χ4v) is 3.28. The second-order valence-corrected chi connectivity index (χ2v) is 6.51. The lowest BCUT2D eigenvalue weighted by Crippen LogP contribution is -2.32. The van der Waals surface area contributed by atoms with E-state index in [0.717, 1.165) is 5.92 Å². The normalized spacial score (nSPS) is 42.2. The van der Waals surface area contributed by atoms with Crippen molar-refractivity contribution in [3.63, 3.8) is 0 Å². The van der Waals surface area contributed by atoms with Crippen LogP contribution in [0.1, 0.15) is 61.3 Å². The Morgan fingerprint density at radius 2 is 1.54 bits per heavy atom. The Bertz CT molecular complexity index is 200. The maximum Gasteiger partial charge on any atom is -0.0272 e. The lowest BCUT2D eigenvalue weighted by atomic mass is 9.66. The summed E-state index contributed by atoms with van der Waals surface area (Å²) in [5.74, 6) is 0.833. The van der Waals surface area contributed by atoms with Crippen LogP contribution in [0.2, 0.25) is 0 Å². The van der Waals surface area contributed by atoms with E-state index in [9.17, 15) is 0 Å². The van der Waals surface area contributed by atoms with Crippen LogP contribution in [0.25, 0.3) is 0 Å². The Morgan fingerprint density at radius 3 is 1.69 bits per heavy atom. The molecule has 0 aliphatic heterocycles. The van der Waals surface area contributed by atoms with Gasteiger partial charge in [0.2, 0.25) is 0 Å². The first-order valence-corrected chi connectivity index (χ1v) is 5.67. The van der Waals surface area contributed by atoms with Crippen LogP contribution in [0.5, 0.6) is 0 Å². The molecule has 0 aromatic carbocycles. The number of rotatable bonds is 1. The van der Waals surface area contributed by atoms with Gasteiger partial charge in [0.25, 0.3) is 0 Å². The molecule has 0 heteroatoms. The van der Waals surface area contributed by atoms with Gasteiger partial charge in [-0.05, 0) is 28.6 Å². The molecule has 0 amide bonds. The molecule has 2 unspecified atom stereocenters. The maximum atomic E-state index is 2.47. The number of hydrogen-bond donors (Lipinski definition) is 0. The molecular weight excluding hydrogens is 156 g/mol. The monoisotopic (exact) mass is 182 g/mol. The molecule has 0 radical (unpaired) electrons. The zero-order valence-electron chi connectivity index (χ0n) is 10.5. The van der Waals surface area contributed by atoms with E-state index in [1.807, 2.05) is 0 Å². The standard InChI is InChI=1S/C13H26/c1-8-13(7)9-11(3,4)12(5,6)10(13)2/h10H,8-9H2,1-7H3. The van der Waals surface area contributed by atoms with Crippen molar-refractivity contribution in [3.05, 3.63) is 0 Å². The van der Waals surface area contributed by atoms with Crippen molar-refractivity contribution in [2.75, 3.05) is 0 Å². The van der Waals surface area contributed by atoms with Crippen molar-refractivity contribution in [1.29, 1.82) is 0 Å². The summed E-state index contributed by atoms with van der Waals surface area (Å²) in [6, 6.07) is 0. The average molecular weight is 182 g/mol. The molecule has 0 bridgehead atoms. The predicted octanol–water partition coefficient (Wildman–Crippen LogP) is 4.49. The molecular formula is C13H26. The van der Waals surface area contributed by atoms with E-state index in [4.69, 9.17) is 0 Å². The van der Waals surface area contributed by atoms with E-state index < -0.39 is 0 Å². The largest absolute Gasteiger partial charge is 0.0649 e. The van der Waals surface area contributed by atoms with E-state index in [1.165, 1.54) is 12.8 Å². The summed E-state index contributed by atoms with van der Waals surface area (Å²) in [6.45, 7) is 17.0. The van der Waals surface area contributed by atoms with Gasteiger partial charge in [-0.15, -0.1) is 0 Å². The van der Waals surface area contributed by atoms with Gasteiger partial charge >= 0.3 is 0 Å². The van der Waals surface area contributed by atoms with Crippen LogP contribution >= 0.6 is 0 Å². The van der Waals surface area contributed by atoms with Gasteiger partial charge in [0, 0.05) is 0 Å². The van der Waals surface area contributed by atoms with Gasteiger partial charge < -0.3 is 0 Å². The first kappa shape index (κ1) is 11.1. The summed E-state index contributed by atoms with van der Waals surface area (Å²) < 4.78 is 0. The Balaban J connectivity index is 3.05. The van der Waals surface area contributed by atoms with Crippen LogP contribution in [0.3, 0.4) is 0 Å². The van der Waals surface area contributed by atoms with E-state index in [-0.39, 0.29) is 0 Å². The lowest BCUT2D eigenvalue weighted by molar-refractivity contribution is 0.100. The third-order valence-electron chi connectivity index (χ3n) is 5.53. The Kier molecular flexibility index (Phi) is 2.34. The van der Waals surface area contributed by atoms with Gasteiger partial charge in [-0.2, -0.15) is 0 Å². The highest BCUT2D eigenvalue weighted by atomic mass is 14.6. The predicted molar refractivity (Wildman–Crippen MR) is 59.7 cm³/mol. The molecule has 0 aromatic rings. The van der Waals surface area contributed by atoms with Crippen molar-refractivity contribution in [2.45, 2.75) is 61.3 Å². The van der Waals surface area contributed by atoms with Gasteiger partial charge in [0.1, 0.15) is 0 Å². The molecule has 0 saturated heterocycles. The van der Waals surface area contributed by atoms with Gasteiger partial charge in [0.15, 0.2) is 0 Å². The molecule has 1 saturated carbocycles. The fraction of sp³-hybridized carbons (Fsp3) is 1.00. The molecule has 0 heterocycles. The molecule has 0 N–H and O–H groups in total. The van der Waals surface area contributed by atoms with Crippen molar-refractivity contribution in [1.82, 2.24) is 0 Å². The number of hydrogen-bond acceptors (Lipinski definition) is 0. The molecule has 78 valence electrons. The van der Waals surface area contributed by atoms with Crippen LogP contribution in [0, 0.1) is 22.2 Å². The minimum atomic E-state index is 0.484. The Morgan fingerprint density at radius 1 is 1.08 bits per heavy atom. The first-order valence-electron chi connectivity index (χ1n) is 5.67. The Labute approximate surface area is 84.1 Å². The van der Waals surface area contributed by atoms with Gasteiger partial charge in [-0.3, -0.25) is 0 Å². The van der Waals surface area contributed by atoms with Crippen LogP contribution in [-0.2, 0) is 0 Å². The molecule has 0 aromatic heterocycles. The van der Waals surface area contributed by atoms with E-state index in [0.29, 0.717) is 16.2 Å². The second-order valence-electron chi connectivity index (χ2n) is 6.51. The smallest absolute Gasteiger partial charge is 0.0272 e. The zero-order valence-corrected chi connectivity index (χ0v) is 10.5. The average Bonchev–Trinajstić information content (AvgIpc) is 2.11. The highest BCUT2D eigenvalue weighted by molar-refractivity contribution is 5.05. The summed E-state index contributed by atoms with van der Waals surface area (Å²) in [5.41, 5.74) is 1.54. The topological polar surface area (TPSA) is 0 Å². The van der Waals surface area contributed by atoms with E-state index in [2.05, 4.69) is 48.5 Å². The third-order valence-corrected chi connectivity index (χ3v) is 5.53. The molecule has 0 nitrogen and oxygen atoms in total. The molecule has 0 spiro atoms. The zero-order chi connectivity index (χ0) is 10.5. The summed E-state index contributed by atoms with van der Waals surface area (Å²) in [7, 11) is 0. The fourth-order valence-electron chi connectivity index (χ4n) is 3.28. The second kappa shape index (κ2) is 2.74. The van der Waals surface area contributed by atoms with E-state index in [1.54, 1.807) is 0 Å². The summed E-state index contributed by atoms with van der Waals surface area (Å²) in [6.07, 6.45) is 2.70. The lowest BCUT2D eigenvalue weighted by Gasteiger charge is -2.39. The summed E-state index contributed by atoms with van der Waals surface area (Å²) in [5, 5.41) is 0. The molecule has 2 atom stereocenters. The molecule has 1 rings (SSSR count). The molecule has 1 fully saturated rings. The maximum absolute atomic E-state index is 2.47. The molecule has 13 heavy (non-hydrogen) atoms. The Hall–Kier alpha value is 0. The van der Waals surface area contributed by atoms with Crippen molar-refractivity contribution in [3.8, 4) is 0 Å². The minimum Gasteiger partial charge on any atom is -0.0649 e. The summed E-state index contributed by atoms with van der Waals surface area (Å²) in [4.78, 5) is 0. The SMILES string of the molecule is CCC1(C)CC(C)(C)C(C)(C)C1C. The van der Waals surface area contributed by atoms with Crippen molar-refractivity contribution < 1.29 is 0 Å². The first-order chi connectivity index (χ1) is 5.67. The van der Waals surface area contributed by atoms with Crippen LogP contribution in [-0.4, -0.2) is 0 Å². The van der Waals surface area contributed by atoms with Crippen LogP contribution in [0.15, 0.2) is 0 Å². The van der Waals surface area contributed by atoms with Gasteiger partial charge in [-0.25, -0.2) is 0 Å². The van der Waals surface area contributed by atoms with Gasteiger partial charge in [0.05, 0.1) is 0 Å². The van der Waals surface area contributed by atoms with Crippen LogP contribution < -0.4 is 0 Å². The summed E-state index contributed by atoms with van der Waals surface area (Å²) >= 11 is 0. The highest BCUT2D eigenvalue weighted by Gasteiger charge is 2.56. The highest BCUT2D eigenvalue weighted by Crippen LogP contribution is 2.64. The van der Waals surface area contributed by atoms with Crippen molar-refractivity contribution in [2.24, 2.45) is 22.2 Å². The van der Waals surface area contributed by atoms with Crippen molar-refractivity contribution >= 4 is 0 Å². The molecule has 1 aliphatic rings. The van der Waals surface area contributed by atoms with Gasteiger partial charge in [-0.1, -0.05) is 54.9 Å². The minimum absolute atomic E-state index is 0.484. The quantitative estimate of drug-likeness (QED) is 0.560. The molecule has 1 aliphatic carbocycles. The third kappa shape index (κ3) is 1.33. The van der Waals surface area contributed by atoms with Crippen LogP contribution in [0.4, 0.5) is 0 Å². The van der Waals surface area contributed by atoms with E-state index >= 15 is 0 Å².